The Balaban J connectivity index is 1.75. The summed E-state index contributed by atoms with van der Waals surface area (Å²) in [4.78, 5) is 42.3. The first kappa shape index (κ1) is 17.0. The molecular weight excluding hydrogens is 335 g/mol. The molecule has 0 spiro atoms. The molecule has 2 aromatic heterocycles. The summed E-state index contributed by atoms with van der Waals surface area (Å²) in [6, 6.07) is 3.08. The van der Waals surface area contributed by atoms with Gasteiger partial charge in [0.05, 0.1) is 17.1 Å². The van der Waals surface area contributed by atoms with Gasteiger partial charge in [-0.3, -0.25) is 9.36 Å². The van der Waals surface area contributed by atoms with Gasteiger partial charge in [-0.25, -0.2) is 9.97 Å². The molecule has 0 unspecified atom stereocenters. The minimum Gasteiger partial charge on any atom is -0.390 e. The third kappa shape index (κ3) is 3.81. The second kappa shape index (κ2) is 6.25. The molecule has 130 valence electrons. The summed E-state index contributed by atoms with van der Waals surface area (Å²) in [5.41, 5.74) is -0.859. The van der Waals surface area contributed by atoms with Crippen molar-refractivity contribution in [2.24, 2.45) is 0 Å². The quantitative estimate of drug-likeness (QED) is 0.572. The van der Waals surface area contributed by atoms with Crippen LogP contribution >= 0.6 is 7.60 Å². The summed E-state index contributed by atoms with van der Waals surface area (Å²) >= 11 is 0. The molecule has 0 amide bonds. The van der Waals surface area contributed by atoms with E-state index in [4.69, 9.17) is 9.79 Å². The number of nitrogens with zero attached hydrogens (tertiary/aromatic N) is 3. The van der Waals surface area contributed by atoms with Crippen molar-refractivity contribution in [2.75, 3.05) is 24.2 Å². The Hall–Kier alpha value is -1.80. The first-order valence-corrected chi connectivity index (χ1v) is 9.42. The second-order valence-electron chi connectivity index (χ2n) is 6.13. The highest BCUT2D eigenvalue weighted by molar-refractivity contribution is 7.51. The number of H-pyrrole nitrogens is 1. The Bertz CT molecular complexity index is 840. The Morgan fingerprint density at radius 3 is 2.62 bits per heavy atom. The standard InChI is InChI=1S/C14H19N4O5P/c19-11-2-1-10-12(17-11)15-9-16-13(10)18-6-3-14(20,4-7-18)5-8-24(21,22)23/h1-2,9,20H,3-8H2,(H2,21,22,23)(H,15,16,17,19). The van der Waals surface area contributed by atoms with Gasteiger partial charge in [-0.05, 0) is 25.3 Å². The largest absolute Gasteiger partial charge is 0.390 e. The van der Waals surface area contributed by atoms with Crippen LogP contribution in [0.3, 0.4) is 0 Å². The first-order chi connectivity index (χ1) is 11.3. The average molecular weight is 354 g/mol. The molecule has 1 fully saturated rings. The molecule has 0 saturated carbocycles. The molecule has 3 heterocycles. The zero-order chi connectivity index (χ0) is 17.4. The van der Waals surface area contributed by atoms with Crippen molar-refractivity contribution < 1.29 is 19.5 Å². The highest BCUT2D eigenvalue weighted by Gasteiger charge is 2.34. The number of hydrogen-bond acceptors (Lipinski definition) is 6. The van der Waals surface area contributed by atoms with Gasteiger partial charge in [-0.2, -0.15) is 0 Å². The van der Waals surface area contributed by atoms with Gasteiger partial charge >= 0.3 is 7.60 Å². The van der Waals surface area contributed by atoms with Crippen LogP contribution in [0.4, 0.5) is 5.82 Å². The van der Waals surface area contributed by atoms with Gasteiger partial charge in [0.2, 0.25) is 5.56 Å². The number of anilines is 1. The van der Waals surface area contributed by atoms with E-state index in [1.165, 1.54) is 12.4 Å². The Morgan fingerprint density at radius 2 is 1.96 bits per heavy atom. The van der Waals surface area contributed by atoms with E-state index in [0.29, 0.717) is 37.4 Å². The number of piperidine rings is 1. The van der Waals surface area contributed by atoms with E-state index in [9.17, 15) is 14.5 Å². The van der Waals surface area contributed by atoms with Crippen molar-refractivity contribution >= 4 is 24.4 Å². The van der Waals surface area contributed by atoms with Gasteiger partial charge in [0, 0.05) is 19.2 Å². The molecule has 3 rings (SSSR count). The zero-order valence-corrected chi connectivity index (χ0v) is 13.8. The number of aromatic nitrogens is 3. The van der Waals surface area contributed by atoms with E-state index in [1.807, 2.05) is 4.90 Å². The molecule has 4 N–H and O–H groups in total. The number of nitrogens with one attached hydrogen (secondary N) is 1. The van der Waals surface area contributed by atoms with Crippen LogP contribution in [0.15, 0.2) is 23.3 Å². The van der Waals surface area contributed by atoms with Crippen LogP contribution in [0, 0.1) is 0 Å². The van der Waals surface area contributed by atoms with Crippen LogP contribution < -0.4 is 10.5 Å². The number of aliphatic hydroxyl groups is 1. The summed E-state index contributed by atoms with van der Waals surface area (Å²) in [6.07, 6.45) is 1.91. The third-order valence-electron chi connectivity index (χ3n) is 4.37. The molecule has 0 bridgehead atoms. The number of pyridine rings is 1. The van der Waals surface area contributed by atoms with Crippen LogP contribution in [0.5, 0.6) is 0 Å². The number of rotatable bonds is 4. The normalized spacial score (nSPS) is 18.0. The fourth-order valence-corrected chi connectivity index (χ4v) is 3.65. The van der Waals surface area contributed by atoms with Crippen molar-refractivity contribution in [3.63, 3.8) is 0 Å². The summed E-state index contributed by atoms with van der Waals surface area (Å²) in [5.74, 6) is 0.674. The van der Waals surface area contributed by atoms with E-state index >= 15 is 0 Å². The fraction of sp³-hybridized carbons (Fsp3) is 0.500. The summed E-state index contributed by atoms with van der Waals surface area (Å²) in [6.45, 7) is 1.01. The molecule has 10 heteroatoms. The highest BCUT2D eigenvalue weighted by Crippen LogP contribution is 2.39. The molecule has 0 aromatic carbocycles. The van der Waals surface area contributed by atoms with Crippen molar-refractivity contribution in [2.45, 2.75) is 24.9 Å². The van der Waals surface area contributed by atoms with Crippen molar-refractivity contribution in [1.82, 2.24) is 15.0 Å². The molecule has 0 aliphatic carbocycles. The fourth-order valence-electron chi connectivity index (χ4n) is 2.95. The van der Waals surface area contributed by atoms with Crippen LogP contribution in [0.1, 0.15) is 19.3 Å². The minimum absolute atomic E-state index is 0.0724. The molecule has 1 aliphatic rings. The lowest BCUT2D eigenvalue weighted by atomic mass is 9.89. The minimum atomic E-state index is -4.11. The summed E-state index contributed by atoms with van der Waals surface area (Å²) in [5, 5.41) is 11.2. The van der Waals surface area contributed by atoms with Gasteiger partial charge in [-0.1, -0.05) is 0 Å². The molecular formula is C14H19N4O5P. The second-order valence-corrected chi connectivity index (χ2v) is 7.91. The maximum Gasteiger partial charge on any atom is 0.325 e. The van der Waals surface area contributed by atoms with E-state index in [-0.39, 0.29) is 18.1 Å². The molecule has 9 nitrogen and oxygen atoms in total. The predicted molar refractivity (Wildman–Crippen MR) is 88.1 cm³/mol. The van der Waals surface area contributed by atoms with Crippen LogP contribution in [0.2, 0.25) is 0 Å². The van der Waals surface area contributed by atoms with Gasteiger partial charge in [-0.15, -0.1) is 0 Å². The Labute approximate surface area is 137 Å². The van der Waals surface area contributed by atoms with Gasteiger partial charge in [0.15, 0.2) is 0 Å². The number of aromatic amines is 1. The predicted octanol–water partition coefficient (Wildman–Crippen LogP) is 0.217. The molecule has 2 aromatic rings. The Morgan fingerprint density at radius 1 is 1.25 bits per heavy atom. The van der Waals surface area contributed by atoms with Crippen LogP contribution in [-0.4, -0.2) is 54.7 Å². The molecule has 0 radical (unpaired) electrons. The van der Waals surface area contributed by atoms with Crippen LogP contribution in [-0.2, 0) is 4.57 Å². The van der Waals surface area contributed by atoms with E-state index in [0.717, 1.165) is 5.39 Å². The van der Waals surface area contributed by atoms with Crippen LogP contribution in [0.25, 0.3) is 11.0 Å². The molecule has 1 aliphatic heterocycles. The lowest BCUT2D eigenvalue weighted by Crippen LogP contribution is -2.45. The highest BCUT2D eigenvalue weighted by atomic mass is 31.2. The Kier molecular flexibility index (Phi) is 4.44. The zero-order valence-electron chi connectivity index (χ0n) is 12.9. The van der Waals surface area contributed by atoms with E-state index in [1.54, 1.807) is 6.07 Å². The molecule has 1 saturated heterocycles. The molecule has 0 atom stereocenters. The van der Waals surface area contributed by atoms with Gasteiger partial charge < -0.3 is 24.8 Å². The number of fused-ring (bicyclic) bond motifs is 1. The van der Waals surface area contributed by atoms with Gasteiger partial charge in [0.25, 0.3) is 0 Å². The SMILES string of the molecule is O=c1ccc2c(N3CCC(O)(CCP(=O)(O)O)CC3)ncnc2[nH]1. The van der Waals surface area contributed by atoms with Gasteiger partial charge in [0.1, 0.15) is 17.8 Å². The smallest absolute Gasteiger partial charge is 0.325 e. The summed E-state index contributed by atoms with van der Waals surface area (Å²) in [7, 11) is -4.11. The average Bonchev–Trinajstić information content (AvgIpc) is 2.53. The third-order valence-corrected chi connectivity index (χ3v) is 5.17. The lowest BCUT2D eigenvalue weighted by Gasteiger charge is -2.39. The van der Waals surface area contributed by atoms with E-state index < -0.39 is 13.2 Å². The number of hydrogen-bond donors (Lipinski definition) is 4. The first-order valence-electron chi connectivity index (χ1n) is 7.62. The maximum atomic E-state index is 11.4. The molecule has 24 heavy (non-hydrogen) atoms. The topological polar surface area (TPSA) is 140 Å². The van der Waals surface area contributed by atoms with Crippen molar-refractivity contribution in [1.29, 1.82) is 0 Å². The monoisotopic (exact) mass is 354 g/mol. The van der Waals surface area contributed by atoms with Crippen molar-refractivity contribution in [3.05, 3.63) is 28.8 Å². The lowest BCUT2D eigenvalue weighted by molar-refractivity contribution is 0.0122. The maximum absolute atomic E-state index is 11.4. The summed E-state index contributed by atoms with van der Waals surface area (Å²) < 4.78 is 11.0. The van der Waals surface area contributed by atoms with E-state index in [2.05, 4.69) is 15.0 Å². The van der Waals surface area contributed by atoms with Crippen molar-refractivity contribution in [3.8, 4) is 0 Å².